The van der Waals surface area contributed by atoms with Crippen molar-refractivity contribution in [3.63, 3.8) is 0 Å². The summed E-state index contributed by atoms with van der Waals surface area (Å²) in [5.41, 5.74) is 1.78. The molecule has 0 fully saturated rings. The lowest BCUT2D eigenvalue weighted by Gasteiger charge is -2.07. The molecular weight excluding hydrogens is 290 g/mol. The summed E-state index contributed by atoms with van der Waals surface area (Å²) in [7, 11) is 0. The second kappa shape index (κ2) is 6.73. The number of nitriles is 1. The van der Waals surface area contributed by atoms with Crippen LogP contribution >= 0.6 is 11.6 Å². The molecule has 106 valence electrons. The van der Waals surface area contributed by atoms with Crippen molar-refractivity contribution in [1.82, 2.24) is 0 Å². The Balaban J connectivity index is 2.06. The highest BCUT2D eigenvalue weighted by atomic mass is 35.5. The zero-order valence-electron chi connectivity index (χ0n) is 11.0. The predicted octanol–water partition coefficient (Wildman–Crippen LogP) is 3.77. The maximum absolute atomic E-state index is 11.0. The lowest BCUT2D eigenvalue weighted by molar-refractivity contribution is -0.384. The molecule has 0 aromatic heterocycles. The number of anilines is 1. The van der Waals surface area contributed by atoms with Gasteiger partial charge in [0.2, 0.25) is 0 Å². The van der Waals surface area contributed by atoms with Gasteiger partial charge < -0.3 is 5.32 Å². The number of nitro benzene ring substituents is 1. The molecule has 0 amide bonds. The first-order valence-corrected chi connectivity index (χ1v) is 6.65. The molecule has 0 heterocycles. The van der Waals surface area contributed by atoms with Crippen LogP contribution in [-0.2, 0) is 6.42 Å². The van der Waals surface area contributed by atoms with Gasteiger partial charge >= 0.3 is 0 Å². The van der Waals surface area contributed by atoms with Crippen molar-refractivity contribution in [1.29, 1.82) is 5.26 Å². The zero-order chi connectivity index (χ0) is 15.2. The molecule has 0 saturated heterocycles. The standard InChI is InChI=1S/C15H12ClN3O2/c16-13-4-1-11(2-5-13)7-8-18-14-9-12(10-17)3-6-15(14)19(20)21/h1-6,9,18H,7-8H2. The van der Waals surface area contributed by atoms with Gasteiger partial charge in [-0.25, -0.2) is 0 Å². The van der Waals surface area contributed by atoms with Crippen molar-refractivity contribution in [3.8, 4) is 6.07 Å². The maximum atomic E-state index is 11.0. The normalized spacial score (nSPS) is 9.90. The molecule has 0 atom stereocenters. The molecule has 6 heteroatoms. The van der Waals surface area contributed by atoms with Gasteiger partial charge in [-0.2, -0.15) is 5.26 Å². The second-order valence-electron chi connectivity index (χ2n) is 4.40. The number of nitrogens with zero attached hydrogens (tertiary/aromatic N) is 2. The molecule has 0 aliphatic heterocycles. The first-order chi connectivity index (χ1) is 10.1. The minimum atomic E-state index is -0.466. The van der Waals surface area contributed by atoms with Crippen LogP contribution in [0.1, 0.15) is 11.1 Å². The first kappa shape index (κ1) is 14.8. The number of benzene rings is 2. The van der Waals surface area contributed by atoms with Crippen LogP contribution < -0.4 is 5.32 Å². The van der Waals surface area contributed by atoms with E-state index in [1.807, 2.05) is 18.2 Å². The number of nitro groups is 1. The van der Waals surface area contributed by atoms with Crippen molar-refractivity contribution in [2.24, 2.45) is 0 Å². The van der Waals surface area contributed by atoms with Crippen molar-refractivity contribution in [2.45, 2.75) is 6.42 Å². The average Bonchev–Trinajstić information content (AvgIpc) is 2.49. The lowest BCUT2D eigenvalue weighted by Crippen LogP contribution is -2.07. The SMILES string of the molecule is N#Cc1ccc([N+](=O)[O-])c(NCCc2ccc(Cl)cc2)c1. The Bertz CT molecular complexity index is 693. The second-order valence-corrected chi connectivity index (χ2v) is 4.84. The molecule has 2 aromatic carbocycles. The van der Waals surface area contributed by atoms with E-state index in [9.17, 15) is 10.1 Å². The Morgan fingerprint density at radius 3 is 2.57 bits per heavy atom. The van der Waals surface area contributed by atoms with E-state index in [0.29, 0.717) is 29.2 Å². The third-order valence-electron chi connectivity index (χ3n) is 2.96. The summed E-state index contributed by atoms with van der Waals surface area (Å²) in [6.07, 6.45) is 0.700. The monoisotopic (exact) mass is 301 g/mol. The minimum absolute atomic E-state index is 0.0369. The number of halogens is 1. The number of nitrogens with one attached hydrogen (secondary N) is 1. The fraction of sp³-hybridized carbons (Fsp3) is 0.133. The molecule has 2 rings (SSSR count). The maximum Gasteiger partial charge on any atom is 0.292 e. The highest BCUT2D eigenvalue weighted by molar-refractivity contribution is 6.30. The fourth-order valence-electron chi connectivity index (χ4n) is 1.90. The predicted molar refractivity (Wildman–Crippen MR) is 81.5 cm³/mol. The van der Waals surface area contributed by atoms with Gasteiger partial charge in [-0.05, 0) is 36.2 Å². The Morgan fingerprint density at radius 1 is 1.24 bits per heavy atom. The number of rotatable bonds is 5. The largest absolute Gasteiger partial charge is 0.379 e. The van der Waals surface area contributed by atoms with Gasteiger partial charge in [-0.15, -0.1) is 0 Å². The number of hydrogen-bond donors (Lipinski definition) is 1. The molecule has 0 spiro atoms. The molecule has 0 unspecified atom stereocenters. The summed E-state index contributed by atoms with van der Waals surface area (Å²) in [6.45, 7) is 0.525. The third-order valence-corrected chi connectivity index (χ3v) is 3.22. The smallest absolute Gasteiger partial charge is 0.292 e. The van der Waals surface area contributed by atoms with Crippen LogP contribution in [0.2, 0.25) is 5.02 Å². The Morgan fingerprint density at radius 2 is 1.95 bits per heavy atom. The van der Waals surface area contributed by atoms with E-state index in [1.165, 1.54) is 18.2 Å². The molecule has 0 aliphatic carbocycles. The molecule has 0 saturated carbocycles. The highest BCUT2D eigenvalue weighted by Gasteiger charge is 2.13. The summed E-state index contributed by atoms with van der Waals surface area (Å²) in [5, 5.41) is 23.5. The van der Waals surface area contributed by atoms with Gasteiger partial charge in [0.15, 0.2) is 0 Å². The first-order valence-electron chi connectivity index (χ1n) is 6.27. The van der Waals surface area contributed by atoms with Gasteiger partial charge in [0.25, 0.3) is 5.69 Å². The van der Waals surface area contributed by atoms with Crippen LogP contribution in [0.3, 0.4) is 0 Å². The molecule has 0 bridgehead atoms. The van der Waals surface area contributed by atoms with Crippen molar-refractivity contribution >= 4 is 23.0 Å². The van der Waals surface area contributed by atoms with E-state index in [-0.39, 0.29) is 5.69 Å². The van der Waals surface area contributed by atoms with Gasteiger partial charge in [0.05, 0.1) is 16.6 Å². The van der Waals surface area contributed by atoms with E-state index >= 15 is 0 Å². The van der Waals surface area contributed by atoms with Gasteiger partial charge in [0, 0.05) is 17.6 Å². The van der Waals surface area contributed by atoms with Crippen molar-refractivity contribution in [2.75, 3.05) is 11.9 Å². The van der Waals surface area contributed by atoms with Gasteiger partial charge in [0.1, 0.15) is 5.69 Å². The average molecular weight is 302 g/mol. The van der Waals surface area contributed by atoms with Crippen LogP contribution in [0.25, 0.3) is 0 Å². The number of hydrogen-bond acceptors (Lipinski definition) is 4. The van der Waals surface area contributed by atoms with Crippen LogP contribution in [0.15, 0.2) is 42.5 Å². The van der Waals surface area contributed by atoms with E-state index in [2.05, 4.69) is 5.32 Å². The molecular formula is C15H12ClN3O2. The summed E-state index contributed by atoms with van der Waals surface area (Å²) >= 11 is 5.81. The van der Waals surface area contributed by atoms with Crippen LogP contribution in [0, 0.1) is 21.4 Å². The third kappa shape index (κ3) is 3.94. The van der Waals surface area contributed by atoms with Crippen LogP contribution in [-0.4, -0.2) is 11.5 Å². The molecule has 21 heavy (non-hydrogen) atoms. The van der Waals surface area contributed by atoms with E-state index in [1.54, 1.807) is 12.1 Å². The van der Waals surface area contributed by atoms with Crippen LogP contribution in [0.5, 0.6) is 0 Å². The highest BCUT2D eigenvalue weighted by Crippen LogP contribution is 2.25. The Hall–Kier alpha value is -2.58. The minimum Gasteiger partial charge on any atom is -0.379 e. The summed E-state index contributed by atoms with van der Waals surface area (Å²) in [6, 6.07) is 13.6. The topological polar surface area (TPSA) is 79.0 Å². The summed E-state index contributed by atoms with van der Waals surface area (Å²) in [5.74, 6) is 0. The van der Waals surface area contributed by atoms with Gasteiger partial charge in [-0.1, -0.05) is 23.7 Å². The molecule has 0 radical (unpaired) electrons. The van der Waals surface area contributed by atoms with Crippen molar-refractivity contribution < 1.29 is 4.92 Å². The van der Waals surface area contributed by atoms with E-state index < -0.39 is 4.92 Å². The molecule has 1 N–H and O–H groups in total. The van der Waals surface area contributed by atoms with Crippen LogP contribution in [0.4, 0.5) is 11.4 Å². The van der Waals surface area contributed by atoms with Gasteiger partial charge in [-0.3, -0.25) is 10.1 Å². The molecule has 5 nitrogen and oxygen atoms in total. The lowest BCUT2D eigenvalue weighted by atomic mass is 10.1. The molecule has 0 aliphatic rings. The quantitative estimate of drug-likeness (QED) is 0.673. The summed E-state index contributed by atoms with van der Waals surface area (Å²) < 4.78 is 0. The van der Waals surface area contributed by atoms with E-state index in [4.69, 9.17) is 16.9 Å². The fourth-order valence-corrected chi connectivity index (χ4v) is 2.02. The van der Waals surface area contributed by atoms with E-state index in [0.717, 1.165) is 5.56 Å². The molecule has 2 aromatic rings. The zero-order valence-corrected chi connectivity index (χ0v) is 11.8. The Labute approximate surface area is 126 Å². The summed E-state index contributed by atoms with van der Waals surface area (Å²) in [4.78, 5) is 10.5. The Kier molecular flexibility index (Phi) is 4.75. The van der Waals surface area contributed by atoms with Crippen molar-refractivity contribution in [3.05, 3.63) is 68.7 Å².